The Morgan fingerprint density at radius 2 is 1.12 bits per heavy atom. The number of carboxylic acids is 2. The number of primary amides is 1. The van der Waals surface area contributed by atoms with Gasteiger partial charge in [0, 0.05) is 25.0 Å². The summed E-state index contributed by atoms with van der Waals surface area (Å²) in [5.74, 6) is -3.77. The highest BCUT2D eigenvalue weighted by atomic mass is 16.4. The highest BCUT2D eigenvalue weighted by Crippen LogP contribution is 2.06. The van der Waals surface area contributed by atoms with Crippen molar-refractivity contribution in [1.29, 1.82) is 5.41 Å². The van der Waals surface area contributed by atoms with E-state index >= 15 is 0 Å². The molecule has 0 fully saturated rings. The predicted molar refractivity (Wildman–Crippen MR) is 159 cm³/mol. The highest BCUT2D eigenvalue weighted by Gasteiger charge is 2.19. The second-order valence-electron chi connectivity index (χ2n) is 9.06. The molecule has 0 spiro atoms. The average molecular weight is 580 g/mol. The van der Waals surface area contributed by atoms with Gasteiger partial charge in [0.2, 0.25) is 17.7 Å². The molecule has 0 aromatic heterocycles. The van der Waals surface area contributed by atoms with Crippen molar-refractivity contribution in [3.8, 4) is 0 Å². The van der Waals surface area contributed by atoms with E-state index in [0.717, 1.165) is 11.1 Å². The Morgan fingerprint density at radius 3 is 1.50 bits per heavy atom. The number of rotatable bonds is 16. The van der Waals surface area contributed by atoms with E-state index in [1.165, 1.54) is 12.2 Å². The maximum absolute atomic E-state index is 11.8. The van der Waals surface area contributed by atoms with E-state index in [2.05, 4.69) is 10.6 Å². The zero-order valence-corrected chi connectivity index (χ0v) is 23.1. The van der Waals surface area contributed by atoms with Crippen LogP contribution in [0, 0.1) is 5.41 Å². The number of carbonyl (C=O) groups excluding carboxylic acids is 3. The van der Waals surface area contributed by atoms with Gasteiger partial charge in [0.1, 0.15) is 12.1 Å². The Morgan fingerprint density at radius 1 is 0.690 bits per heavy atom. The molecule has 0 bridgehead atoms. The van der Waals surface area contributed by atoms with Crippen LogP contribution < -0.4 is 22.1 Å². The second-order valence-corrected chi connectivity index (χ2v) is 9.06. The average Bonchev–Trinajstić information content (AvgIpc) is 2.95. The van der Waals surface area contributed by atoms with Gasteiger partial charge in [0.05, 0.1) is 5.84 Å². The summed E-state index contributed by atoms with van der Waals surface area (Å²) in [4.78, 5) is 56.0. The number of aliphatic carboxylic acids is 2. The van der Waals surface area contributed by atoms with Crippen molar-refractivity contribution in [3.63, 3.8) is 0 Å². The Balaban J connectivity index is 0.000000422. The molecule has 12 heteroatoms. The lowest BCUT2D eigenvalue weighted by Crippen LogP contribution is -2.40. The molecule has 12 nitrogen and oxygen atoms in total. The predicted octanol–water partition coefficient (Wildman–Crippen LogP) is 2.30. The van der Waals surface area contributed by atoms with Crippen molar-refractivity contribution in [3.05, 3.63) is 83.9 Å². The number of carbonyl (C=O) groups is 5. The number of carboxylic acid groups (broad SMARTS) is 2. The molecule has 2 unspecified atom stereocenters. The lowest BCUT2D eigenvalue weighted by Gasteiger charge is -2.12. The quantitative estimate of drug-likeness (QED) is 0.0674. The van der Waals surface area contributed by atoms with Gasteiger partial charge < -0.3 is 32.3 Å². The van der Waals surface area contributed by atoms with Crippen molar-refractivity contribution < 1.29 is 34.2 Å². The Bertz CT molecular complexity index is 1250. The molecular weight excluding hydrogens is 542 g/mol. The lowest BCUT2D eigenvalue weighted by atomic mass is 10.1. The number of amides is 3. The number of benzene rings is 2. The molecule has 224 valence electrons. The topological polar surface area (TPSA) is 226 Å². The molecule has 0 saturated carbocycles. The second kappa shape index (κ2) is 19.7. The molecule has 2 atom stereocenters. The standard InChI is InChI=1S/C16H21N3O3.C14H16N2O4/c17-14(18)9-5-4-8-13(16(21)22)19-15(20)11-10-12-6-2-1-3-7-12;15-12(17)8-7-11(14(19)20)16-13(18)9-6-10-4-2-1-3-5-10/h1-3,6-7,10-11,13H,4-5,8-9H2,(H3,17,18)(H,19,20)(H,21,22);1-6,9,11H,7-8H2,(H2,15,17)(H,16,18)(H,19,20)/b11-10+;9-6+. The fourth-order valence-corrected chi connectivity index (χ4v) is 3.38. The Labute approximate surface area is 244 Å². The van der Waals surface area contributed by atoms with Crippen molar-refractivity contribution in [2.24, 2.45) is 11.5 Å². The van der Waals surface area contributed by atoms with Gasteiger partial charge in [-0.05, 0) is 42.5 Å². The normalized spacial score (nSPS) is 12.0. The molecule has 42 heavy (non-hydrogen) atoms. The van der Waals surface area contributed by atoms with Crippen LogP contribution in [0.4, 0.5) is 0 Å². The van der Waals surface area contributed by atoms with Crippen LogP contribution in [0.1, 0.15) is 49.7 Å². The molecule has 2 aromatic rings. The van der Waals surface area contributed by atoms with Crippen molar-refractivity contribution >= 4 is 47.6 Å². The van der Waals surface area contributed by atoms with Crippen LogP contribution in [-0.2, 0) is 24.0 Å². The summed E-state index contributed by atoms with van der Waals surface area (Å²) in [6, 6.07) is 16.3. The van der Waals surface area contributed by atoms with E-state index in [-0.39, 0.29) is 18.7 Å². The lowest BCUT2D eigenvalue weighted by molar-refractivity contribution is -0.142. The minimum Gasteiger partial charge on any atom is -0.480 e. The van der Waals surface area contributed by atoms with Crippen LogP contribution in [0.3, 0.4) is 0 Å². The summed E-state index contributed by atoms with van der Waals surface area (Å²) in [6.07, 6.45) is 7.60. The molecule has 0 saturated heterocycles. The maximum Gasteiger partial charge on any atom is 0.326 e. The fraction of sp³-hybridized carbons (Fsp3) is 0.267. The molecule has 2 rings (SSSR count). The van der Waals surface area contributed by atoms with Gasteiger partial charge in [-0.2, -0.15) is 0 Å². The van der Waals surface area contributed by atoms with Gasteiger partial charge in [-0.25, -0.2) is 9.59 Å². The van der Waals surface area contributed by atoms with E-state index in [9.17, 15) is 24.0 Å². The molecule has 0 aliphatic carbocycles. The van der Waals surface area contributed by atoms with Gasteiger partial charge in [-0.3, -0.25) is 19.8 Å². The third kappa shape index (κ3) is 16.6. The van der Waals surface area contributed by atoms with Gasteiger partial charge in [0.25, 0.3) is 0 Å². The first kappa shape index (κ1) is 34.8. The minimum atomic E-state index is -1.20. The van der Waals surface area contributed by atoms with E-state index < -0.39 is 41.7 Å². The first-order chi connectivity index (χ1) is 20.0. The zero-order valence-electron chi connectivity index (χ0n) is 23.1. The van der Waals surface area contributed by atoms with Crippen molar-refractivity contribution in [1.82, 2.24) is 10.6 Å². The molecule has 9 N–H and O–H groups in total. The molecular formula is C30H37N5O7. The monoisotopic (exact) mass is 579 g/mol. The highest BCUT2D eigenvalue weighted by molar-refractivity contribution is 5.95. The summed E-state index contributed by atoms with van der Waals surface area (Å²) in [5, 5.41) is 29.9. The largest absolute Gasteiger partial charge is 0.480 e. The molecule has 0 radical (unpaired) electrons. The maximum atomic E-state index is 11.8. The SMILES string of the molecule is N=C(N)CCCCC(NC(=O)/C=C/c1ccccc1)C(=O)O.NC(=O)CCC(NC(=O)/C=C/c1ccccc1)C(=O)O. The van der Waals surface area contributed by atoms with Gasteiger partial charge in [-0.1, -0.05) is 67.1 Å². The smallest absolute Gasteiger partial charge is 0.326 e. The van der Waals surface area contributed by atoms with Crippen LogP contribution in [-0.4, -0.2) is 57.8 Å². The first-order valence-electron chi connectivity index (χ1n) is 13.1. The molecule has 3 amide bonds. The summed E-state index contributed by atoms with van der Waals surface area (Å²) in [7, 11) is 0. The van der Waals surface area contributed by atoms with Crippen molar-refractivity contribution in [2.75, 3.05) is 0 Å². The van der Waals surface area contributed by atoms with Crippen LogP contribution in [0.25, 0.3) is 12.2 Å². The summed E-state index contributed by atoms with van der Waals surface area (Å²) in [5.41, 5.74) is 11.9. The fourth-order valence-electron chi connectivity index (χ4n) is 3.38. The van der Waals surface area contributed by atoms with Crippen LogP contribution in [0.5, 0.6) is 0 Å². The van der Waals surface area contributed by atoms with Crippen LogP contribution in [0.2, 0.25) is 0 Å². The molecule has 2 aromatic carbocycles. The summed E-state index contributed by atoms with van der Waals surface area (Å²) >= 11 is 0. The third-order valence-corrected chi connectivity index (χ3v) is 5.55. The van der Waals surface area contributed by atoms with Gasteiger partial charge >= 0.3 is 11.9 Å². The van der Waals surface area contributed by atoms with E-state index in [1.807, 2.05) is 60.7 Å². The number of unbranched alkanes of at least 4 members (excludes halogenated alkanes) is 1. The first-order valence-corrected chi connectivity index (χ1v) is 13.1. The zero-order chi connectivity index (χ0) is 31.3. The molecule has 0 aliphatic heterocycles. The van der Waals surface area contributed by atoms with E-state index in [1.54, 1.807) is 12.2 Å². The van der Waals surface area contributed by atoms with Crippen molar-refractivity contribution in [2.45, 2.75) is 50.6 Å². The molecule has 0 aliphatic rings. The number of nitrogens with two attached hydrogens (primary N) is 2. The Kier molecular flexibility index (Phi) is 16.3. The third-order valence-electron chi connectivity index (χ3n) is 5.55. The summed E-state index contributed by atoms with van der Waals surface area (Å²) < 4.78 is 0. The van der Waals surface area contributed by atoms with E-state index in [0.29, 0.717) is 25.7 Å². The number of amidine groups is 1. The summed E-state index contributed by atoms with van der Waals surface area (Å²) in [6.45, 7) is 0. The van der Waals surface area contributed by atoms with E-state index in [4.69, 9.17) is 27.1 Å². The number of nitrogens with one attached hydrogen (secondary N) is 3. The number of hydrogen-bond donors (Lipinski definition) is 7. The van der Waals surface area contributed by atoms with Gasteiger partial charge in [-0.15, -0.1) is 0 Å². The molecule has 0 heterocycles. The minimum absolute atomic E-state index is 0.0322. The Hall–Kier alpha value is -5.26. The number of hydrogen-bond acceptors (Lipinski definition) is 6. The van der Waals surface area contributed by atoms with Crippen LogP contribution >= 0.6 is 0 Å². The van der Waals surface area contributed by atoms with Gasteiger partial charge in [0.15, 0.2) is 0 Å². The van der Waals surface area contributed by atoms with Crippen LogP contribution in [0.15, 0.2) is 72.8 Å².